The van der Waals surface area contributed by atoms with Crippen LogP contribution in [0.15, 0.2) is 21.5 Å². The summed E-state index contributed by atoms with van der Waals surface area (Å²) in [7, 11) is 2.12. The van der Waals surface area contributed by atoms with Crippen LogP contribution in [0.3, 0.4) is 0 Å². The van der Waals surface area contributed by atoms with Crippen molar-refractivity contribution in [3.63, 3.8) is 0 Å². The molecule has 3 rings (SSSR count). The maximum atomic E-state index is 11.6. The second kappa shape index (κ2) is 2.70. The highest BCUT2D eigenvalue weighted by atomic mass is 16.3. The Morgan fingerprint density at radius 1 is 1.50 bits per heavy atom. The van der Waals surface area contributed by atoms with E-state index in [2.05, 4.69) is 11.9 Å². The van der Waals surface area contributed by atoms with Crippen LogP contribution in [-0.2, 0) is 6.42 Å². The lowest BCUT2D eigenvalue weighted by Gasteiger charge is -2.30. The van der Waals surface area contributed by atoms with Gasteiger partial charge in [-0.15, -0.1) is 0 Å². The molecule has 0 aromatic carbocycles. The van der Waals surface area contributed by atoms with Crippen molar-refractivity contribution in [2.45, 2.75) is 31.3 Å². The fraction of sp³-hybridized carbons (Fsp3) is 0.545. The average molecular weight is 191 g/mol. The Kier molecular flexibility index (Phi) is 1.59. The van der Waals surface area contributed by atoms with Crippen molar-refractivity contribution >= 4 is 0 Å². The van der Waals surface area contributed by atoms with Gasteiger partial charge in [0.1, 0.15) is 5.76 Å². The Balaban J connectivity index is 2.21. The molecule has 0 amide bonds. The lowest BCUT2D eigenvalue weighted by molar-refractivity contribution is 0.192. The van der Waals surface area contributed by atoms with Crippen molar-refractivity contribution in [1.29, 1.82) is 0 Å². The first-order valence-corrected chi connectivity index (χ1v) is 5.10. The molecular formula is C11H13NO2. The molecule has 74 valence electrons. The summed E-state index contributed by atoms with van der Waals surface area (Å²) in [5.41, 5.74) is 1.06. The topological polar surface area (TPSA) is 33.5 Å². The predicted molar refractivity (Wildman–Crippen MR) is 52.2 cm³/mol. The van der Waals surface area contributed by atoms with Crippen molar-refractivity contribution in [2.24, 2.45) is 0 Å². The van der Waals surface area contributed by atoms with Gasteiger partial charge in [0.25, 0.3) is 0 Å². The molecule has 2 unspecified atom stereocenters. The van der Waals surface area contributed by atoms with Crippen LogP contribution in [0.25, 0.3) is 0 Å². The van der Waals surface area contributed by atoms with Crippen LogP contribution in [-0.4, -0.2) is 18.0 Å². The molecule has 1 aromatic rings. The molecule has 0 spiro atoms. The van der Waals surface area contributed by atoms with Crippen LogP contribution < -0.4 is 5.43 Å². The van der Waals surface area contributed by atoms with Gasteiger partial charge in [-0.2, -0.15) is 0 Å². The first kappa shape index (κ1) is 8.24. The Bertz CT molecular complexity index is 424. The Morgan fingerprint density at radius 3 is 3.21 bits per heavy atom. The molecule has 1 aromatic heterocycles. The maximum absolute atomic E-state index is 11.6. The van der Waals surface area contributed by atoms with Gasteiger partial charge in [0, 0.05) is 17.7 Å². The molecule has 3 nitrogen and oxygen atoms in total. The number of nitrogens with zero attached hydrogens (tertiary/aromatic N) is 1. The molecule has 2 aliphatic heterocycles. The van der Waals surface area contributed by atoms with Gasteiger partial charge < -0.3 is 4.42 Å². The van der Waals surface area contributed by atoms with E-state index in [-0.39, 0.29) is 5.43 Å². The van der Waals surface area contributed by atoms with E-state index >= 15 is 0 Å². The van der Waals surface area contributed by atoms with Gasteiger partial charge >= 0.3 is 0 Å². The highest BCUT2D eigenvalue weighted by molar-refractivity contribution is 5.26. The van der Waals surface area contributed by atoms with Crippen LogP contribution in [0.1, 0.15) is 30.2 Å². The number of fused-ring (bicyclic) bond motifs is 4. The summed E-state index contributed by atoms with van der Waals surface area (Å²) in [6.07, 6.45) is 4.70. The van der Waals surface area contributed by atoms with Crippen LogP contribution in [0.5, 0.6) is 0 Å². The van der Waals surface area contributed by atoms with Gasteiger partial charge in [0.05, 0.1) is 12.3 Å². The smallest absolute Gasteiger partial charge is 0.188 e. The van der Waals surface area contributed by atoms with Crippen LogP contribution in [0.2, 0.25) is 0 Å². The van der Waals surface area contributed by atoms with E-state index in [0.717, 1.165) is 24.2 Å². The van der Waals surface area contributed by atoms with Gasteiger partial charge in [-0.1, -0.05) is 0 Å². The normalized spacial score (nSPS) is 30.4. The Hall–Kier alpha value is -1.09. The third kappa shape index (κ3) is 0.932. The second-order valence-electron chi connectivity index (χ2n) is 4.24. The fourth-order valence-electron chi connectivity index (χ4n) is 2.75. The zero-order chi connectivity index (χ0) is 9.71. The van der Waals surface area contributed by atoms with E-state index < -0.39 is 0 Å². The minimum atomic E-state index is 0.149. The largest absolute Gasteiger partial charge is 0.467 e. The lowest BCUT2D eigenvalue weighted by atomic mass is 10.00. The standard InChI is InChI=1S/C11H13NO2/c1-12-7-2-3-9(12)11-8(6-7)10(13)4-5-14-11/h4-5,7,9H,2-3,6H2,1H3. The van der Waals surface area contributed by atoms with E-state index in [9.17, 15) is 4.79 Å². The second-order valence-corrected chi connectivity index (χ2v) is 4.24. The highest BCUT2D eigenvalue weighted by Crippen LogP contribution is 2.41. The summed E-state index contributed by atoms with van der Waals surface area (Å²) < 4.78 is 5.49. The van der Waals surface area contributed by atoms with Crippen LogP contribution in [0.4, 0.5) is 0 Å². The zero-order valence-corrected chi connectivity index (χ0v) is 8.19. The fourth-order valence-corrected chi connectivity index (χ4v) is 2.75. The van der Waals surface area contributed by atoms with Crippen LogP contribution in [0, 0.1) is 0 Å². The molecule has 0 aliphatic carbocycles. The summed E-state index contributed by atoms with van der Waals surface area (Å²) in [5, 5.41) is 0. The molecular weight excluding hydrogens is 178 g/mol. The van der Waals surface area contributed by atoms with Gasteiger partial charge in [0.15, 0.2) is 5.43 Å². The van der Waals surface area contributed by atoms with Crippen molar-refractivity contribution in [2.75, 3.05) is 7.05 Å². The molecule has 14 heavy (non-hydrogen) atoms. The molecule has 1 saturated heterocycles. The van der Waals surface area contributed by atoms with E-state index in [1.54, 1.807) is 0 Å². The number of hydrogen-bond donors (Lipinski definition) is 0. The van der Waals surface area contributed by atoms with Gasteiger partial charge in [-0.05, 0) is 26.3 Å². The molecule has 0 radical (unpaired) electrons. The van der Waals surface area contributed by atoms with Gasteiger partial charge in [-0.3, -0.25) is 9.69 Å². The minimum Gasteiger partial charge on any atom is -0.467 e. The Morgan fingerprint density at radius 2 is 2.36 bits per heavy atom. The lowest BCUT2D eigenvalue weighted by Crippen LogP contribution is -2.36. The predicted octanol–water partition coefficient (Wildman–Crippen LogP) is 1.33. The summed E-state index contributed by atoms with van der Waals surface area (Å²) >= 11 is 0. The van der Waals surface area contributed by atoms with Crippen molar-refractivity contribution < 1.29 is 4.42 Å². The average Bonchev–Trinajstić information content (AvgIpc) is 2.44. The molecule has 3 heterocycles. The first-order valence-electron chi connectivity index (χ1n) is 5.10. The summed E-state index contributed by atoms with van der Waals surface area (Å²) in [5.74, 6) is 0.911. The molecule has 2 aliphatic rings. The molecule has 2 atom stereocenters. The Labute approximate surface area is 82.3 Å². The maximum Gasteiger partial charge on any atom is 0.188 e. The van der Waals surface area contributed by atoms with Crippen molar-refractivity contribution in [3.05, 3.63) is 33.9 Å². The summed E-state index contributed by atoms with van der Waals surface area (Å²) in [4.78, 5) is 13.9. The van der Waals surface area contributed by atoms with Crippen molar-refractivity contribution in [1.82, 2.24) is 4.90 Å². The van der Waals surface area contributed by atoms with E-state index in [0.29, 0.717) is 12.1 Å². The van der Waals surface area contributed by atoms with E-state index in [4.69, 9.17) is 4.42 Å². The summed E-state index contributed by atoms with van der Waals surface area (Å²) in [6.45, 7) is 0. The molecule has 0 N–H and O–H groups in total. The zero-order valence-electron chi connectivity index (χ0n) is 8.19. The van der Waals surface area contributed by atoms with Gasteiger partial charge in [-0.25, -0.2) is 0 Å². The number of hydrogen-bond acceptors (Lipinski definition) is 3. The molecule has 0 saturated carbocycles. The first-order chi connectivity index (χ1) is 6.77. The monoisotopic (exact) mass is 191 g/mol. The molecule has 3 heteroatoms. The SMILES string of the molecule is CN1C2CCC1c1occc(=O)c1C2. The van der Waals surface area contributed by atoms with Crippen molar-refractivity contribution in [3.8, 4) is 0 Å². The third-order valence-electron chi connectivity index (χ3n) is 3.59. The minimum absolute atomic E-state index is 0.149. The number of rotatable bonds is 0. The van der Waals surface area contributed by atoms with Crippen LogP contribution >= 0.6 is 0 Å². The molecule has 2 bridgehead atoms. The van der Waals surface area contributed by atoms with Gasteiger partial charge in [0.2, 0.25) is 0 Å². The van der Waals surface area contributed by atoms with E-state index in [1.807, 2.05) is 0 Å². The van der Waals surface area contributed by atoms with E-state index in [1.165, 1.54) is 18.8 Å². The summed E-state index contributed by atoms with van der Waals surface area (Å²) in [6, 6.07) is 2.43. The highest BCUT2D eigenvalue weighted by Gasteiger charge is 2.39. The quantitative estimate of drug-likeness (QED) is 0.620. The third-order valence-corrected chi connectivity index (χ3v) is 3.59. The molecule has 1 fully saturated rings. The number of likely N-dealkylation sites (N-methyl/N-ethyl adjacent to an activating group) is 1.